The Kier molecular flexibility index (Phi) is 6.16. The van der Waals surface area contributed by atoms with Crippen LogP contribution >= 0.6 is 0 Å². The van der Waals surface area contributed by atoms with Crippen molar-refractivity contribution in [2.75, 3.05) is 49.9 Å². The predicted molar refractivity (Wildman–Crippen MR) is 87.1 cm³/mol. The molecule has 0 amide bonds. The van der Waals surface area contributed by atoms with Crippen LogP contribution in [-0.4, -0.2) is 58.3 Å². The lowest BCUT2D eigenvalue weighted by Crippen LogP contribution is -2.48. The topological polar surface area (TPSA) is 52.7 Å². The number of halogens is 1. The van der Waals surface area contributed by atoms with Crippen molar-refractivity contribution in [2.24, 2.45) is 0 Å². The molecular weight excluding hydrogens is 305 g/mol. The Hall–Kier alpha value is -1.18. The van der Waals surface area contributed by atoms with Crippen molar-refractivity contribution in [3.05, 3.63) is 30.1 Å². The fourth-order valence-electron chi connectivity index (χ4n) is 2.62. The minimum absolute atomic E-state index is 0.175. The van der Waals surface area contributed by atoms with Crippen molar-refractivity contribution in [3.63, 3.8) is 0 Å². The number of hydrogen-bond donors (Lipinski definition) is 1. The number of sulfonamides is 1. The molecule has 0 bridgehead atoms. The Balaban J connectivity index is 1.75. The Bertz CT molecular complexity index is 572. The van der Waals surface area contributed by atoms with E-state index in [4.69, 9.17) is 0 Å². The summed E-state index contributed by atoms with van der Waals surface area (Å²) in [5.74, 6) is -0.0167. The summed E-state index contributed by atoms with van der Waals surface area (Å²) in [7, 11) is -3.13. The molecule has 0 atom stereocenters. The number of nitrogens with one attached hydrogen (secondary N) is 1. The molecule has 1 aromatic rings. The van der Waals surface area contributed by atoms with Crippen molar-refractivity contribution >= 4 is 15.7 Å². The van der Waals surface area contributed by atoms with E-state index in [0.29, 0.717) is 25.2 Å². The van der Waals surface area contributed by atoms with E-state index >= 15 is 0 Å². The number of rotatable bonds is 7. The molecule has 1 aliphatic heterocycles. The SMILES string of the molecule is CCCS(=O)(=O)NCCN1CCN(c2ccccc2F)CC1. The van der Waals surface area contributed by atoms with Crippen LogP contribution in [0.15, 0.2) is 24.3 Å². The van der Waals surface area contributed by atoms with Gasteiger partial charge in [-0.15, -0.1) is 0 Å². The Labute approximate surface area is 132 Å². The number of para-hydroxylation sites is 1. The average molecular weight is 329 g/mol. The van der Waals surface area contributed by atoms with Crippen LogP contribution in [0.2, 0.25) is 0 Å². The van der Waals surface area contributed by atoms with Gasteiger partial charge in [0.2, 0.25) is 10.0 Å². The monoisotopic (exact) mass is 329 g/mol. The van der Waals surface area contributed by atoms with Gasteiger partial charge < -0.3 is 4.90 Å². The maximum atomic E-state index is 13.7. The van der Waals surface area contributed by atoms with E-state index in [2.05, 4.69) is 9.62 Å². The fourth-order valence-corrected chi connectivity index (χ4v) is 3.70. The molecule has 0 radical (unpaired) electrons. The van der Waals surface area contributed by atoms with Crippen LogP contribution in [0.4, 0.5) is 10.1 Å². The molecule has 1 heterocycles. The zero-order valence-corrected chi connectivity index (χ0v) is 13.8. The Morgan fingerprint density at radius 3 is 2.50 bits per heavy atom. The van der Waals surface area contributed by atoms with Crippen LogP contribution in [0, 0.1) is 5.82 Å². The van der Waals surface area contributed by atoms with Gasteiger partial charge in [-0.2, -0.15) is 0 Å². The van der Waals surface area contributed by atoms with Gasteiger partial charge in [0.15, 0.2) is 0 Å². The van der Waals surface area contributed by atoms with E-state index in [-0.39, 0.29) is 11.6 Å². The Morgan fingerprint density at radius 1 is 1.18 bits per heavy atom. The summed E-state index contributed by atoms with van der Waals surface area (Å²) in [6, 6.07) is 6.80. The molecule has 2 rings (SSSR count). The highest BCUT2D eigenvalue weighted by atomic mass is 32.2. The van der Waals surface area contributed by atoms with Crippen molar-refractivity contribution in [1.82, 2.24) is 9.62 Å². The lowest BCUT2D eigenvalue weighted by molar-refractivity contribution is 0.261. The van der Waals surface area contributed by atoms with Crippen molar-refractivity contribution in [3.8, 4) is 0 Å². The first kappa shape index (κ1) is 17.2. The second kappa shape index (κ2) is 7.89. The first-order valence-electron chi connectivity index (χ1n) is 7.71. The van der Waals surface area contributed by atoms with Gasteiger partial charge in [-0.3, -0.25) is 4.90 Å². The van der Waals surface area contributed by atoms with Gasteiger partial charge in [-0.05, 0) is 18.6 Å². The maximum Gasteiger partial charge on any atom is 0.211 e. The summed E-state index contributed by atoms with van der Waals surface area (Å²) in [5, 5.41) is 0. The van der Waals surface area contributed by atoms with Crippen LogP contribution in [0.3, 0.4) is 0 Å². The normalized spacial score (nSPS) is 16.9. The first-order valence-corrected chi connectivity index (χ1v) is 9.36. The molecule has 5 nitrogen and oxygen atoms in total. The molecule has 0 aromatic heterocycles. The predicted octanol–water partition coefficient (Wildman–Crippen LogP) is 1.28. The van der Waals surface area contributed by atoms with E-state index in [9.17, 15) is 12.8 Å². The molecule has 1 fully saturated rings. The lowest BCUT2D eigenvalue weighted by Gasteiger charge is -2.36. The third-order valence-corrected chi connectivity index (χ3v) is 5.38. The first-order chi connectivity index (χ1) is 10.5. The highest BCUT2D eigenvalue weighted by Gasteiger charge is 2.19. The largest absolute Gasteiger partial charge is 0.367 e. The molecule has 124 valence electrons. The van der Waals surface area contributed by atoms with Crippen LogP contribution in [-0.2, 0) is 10.0 Å². The standard InChI is InChI=1S/C15H24FN3O2S/c1-2-13-22(20,21)17-7-8-18-9-11-19(12-10-18)15-6-4-3-5-14(15)16/h3-6,17H,2,7-13H2,1H3. The summed E-state index contributed by atoms with van der Waals surface area (Å²) in [6.45, 7) is 6.09. The van der Waals surface area contributed by atoms with Crippen LogP contribution < -0.4 is 9.62 Å². The van der Waals surface area contributed by atoms with E-state index in [1.165, 1.54) is 6.07 Å². The maximum absolute atomic E-state index is 13.7. The summed E-state index contributed by atoms with van der Waals surface area (Å²) in [5.41, 5.74) is 0.644. The fraction of sp³-hybridized carbons (Fsp3) is 0.600. The highest BCUT2D eigenvalue weighted by molar-refractivity contribution is 7.89. The Morgan fingerprint density at radius 2 is 1.86 bits per heavy atom. The number of nitrogens with zero attached hydrogens (tertiary/aromatic N) is 2. The van der Waals surface area contributed by atoms with Crippen LogP contribution in [0.5, 0.6) is 0 Å². The van der Waals surface area contributed by atoms with Gasteiger partial charge in [0.1, 0.15) is 5.82 Å². The molecule has 7 heteroatoms. The second-order valence-corrected chi connectivity index (χ2v) is 7.42. The number of anilines is 1. The molecule has 0 saturated carbocycles. The molecular formula is C15H24FN3O2S. The van der Waals surface area contributed by atoms with Gasteiger partial charge in [0, 0.05) is 39.3 Å². The molecule has 1 N–H and O–H groups in total. The van der Waals surface area contributed by atoms with E-state index in [1.807, 2.05) is 17.9 Å². The zero-order valence-electron chi connectivity index (χ0n) is 13.0. The van der Waals surface area contributed by atoms with Crippen molar-refractivity contribution in [2.45, 2.75) is 13.3 Å². The summed E-state index contributed by atoms with van der Waals surface area (Å²) < 4.78 is 39.5. The summed E-state index contributed by atoms with van der Waals surface area (Å²) >= 11 is 0. The average Bonchev–Trinajstić information content (AvgIpc) is 2.48. The second-order valence-electron chi connectivity index (χ2n) is 5.49. The van der Waals surface area contributed by atoms with Gasteiger partial charge in [-0.25, -0.2) is 17.5 Å². The molecule has 0 spiro atoms. The van der Waals surface area contributed by atoms with E-state index in [1.54, 1.807) is 12.1 Å². The van der Waals surface area contributed by atoms with Crippen molar-refractivity contribution < 1.29 is 12.8 Å². The molecule has 22 heavy (non-hydrogen) atoms. The lowest BCUT2D eigenvalue weighted by atomic mass is 10.2. The van der Waals surface area contributed by atoms with Crippen LogP contribution in [0.1, 0.15) is 13.3 Å². The quantitative estimate of drug-likeness (QED) is 0.819. The molecule has 1 saturated heterocycles. The van der Waals surface area contributed by atoms with Crippen LogP contribution in [0.25, 0.3) is 0 Å². The van der Waals surface area contributed by atoms with Gasteiger partial charge in [0.25, 0.3) is 0 Å². The summed E-state index contributed by atoms with van der Waals surface area (Å²) in [4.78, 5) is 4.24. The minimum Gasteiger partial charge on any atom is -0.367 e. The molecule has 1 aliphatic rings. The van der Waals surface area contributed by atoms with Gasteiger partial charge in [0.05, 0.1) is 11.4 Å². The molecule has 0 unspecified atom stereocenters. The number of hydrogen-bond acceptors (Lipinski definition) is 4. The van der Waals surface area contributed by atoms with Gasteiger partial charge in [-0.1, -0.05) is 19.1 Å². The molecule has 1 aromatic carbocycles. The van der Waals surface area contributed by atoms with Crippen molar-refractivity contribution in [1.29, 1.82) is 0 Å². The smallest absolute Gasteiger partial charge is 0.211 e. The van der Waals surface area contributed by atoms with Gasteiger partial charge >= 0.3 is 0 Å². The number of benzene rings is 1. The van der Waals surface area contributed by atoms with E-state index < -0.39 is 10.0 Å². The highest BCUT2D eigenvalue weighted by Crippen LogP contribution is 2.19. The summed E-state index contributed by atoms with van der Waals surface area (Å²) in [6.07, 6.45) is 0.622. The zero-order chi connectivity index (χ0) is 16.0. The number of piperazine rings is 1. The third kappa shape index (κ3) is 4.93. The third-order valence-electron chi connectivity index (χ3n) is 3.79. The molecule has 0 aliphatic carbocycles. The minimum atomic E-state index is -3.13. The van der Waals surface area contributed by atoms with E-state index in [0.717, 1.165) is 26.2 Å².